The number of thioether (sulfide) groups is 1. The highest BCUT2D eigenvalue weighted by Crippen LogP contribution is 2.22. The first-order valence-electron chi connectivity index (χ1n) is 10.5. The molecule has 7 nitrogen and oxygen atoms in total. The number of hydrogen-bond donors (Lipinski definition) is 1. The lowest BCUT2D eigenvalue weighted by Crippen LogP contribution is -2.28. The number of fused-ring (bicyclic) bond motifs is 3. The van der Waals surface area contributed by atoms with E-state index < -0.39 is 0 Å². The van der Waals surface area contributed by atoms with E-state index >= 15 is 0 Å². The van der Waals surface area contributed by atoms with Gasteiger partial charge in [0.25, 0.3) is 5.56 Å². The molecule has 0 radical (unpaired) electrons. The fourth-order valence-electron chi connectivity index (χ4n) is 3.59. The normalized spacial score (nSPS) is 12.3. The van der Waals surface area contributed by atoms with Crippen LogP contribution in [0, 0.1) is 0 Å². The fourth-order valence-corrected chi connectivity index (χ4v) is 4.47. The summed E-state index contributed by atoms with van der Waals surface area (Å²) in [6.45, 7) is 4.59. The third-order valence-electron chi connectivity index (χ3n) is 5.29. The van der Waals surface area contributed by atoms with Crippen molar-refractivity contribution in [3.05, 3.63) is 69.5 Å². The average Bonchev–Trinajstić information content (AvgIpc) is 3.22. The number of nitrogens with one attached hydrogen (secondary N) is 1. The molecule has 0 saturated carbocycles. The van der Waals surface area contributed by atoms with Crippen LogP contribution < -0.4 is 10.9 Å². The van der Waals surface area contributed by atoms with E-state index in [2.05, 4.69) is 22.4 Å². The maximum atomic E-state index is 13.0. The minimum atomic E-state index is -0.143. The van der Waals surface area contributed by atoms with Gasteiger partial charge in [-0.2, -0.15) is 0 Å². The van der Waals surface area contributed by atoms with Gasteiger partial charge >= 0.3 is 0 Å². The van der Waals surface area contributed by atoms with Crippen molar-refractivity contribution in [1.82, 2.24) is 24.5 Å². The van der Waals surface area contributed by atoms with Crippen LogP contribution in [0.25, 0.3) is 16.7 Å². The van der Waals surface area contributed by atoms with Crippen molar-refractivity contribution in [1.29, 1.82) is 0 Å². The molecule has 2 aromatic heterocycles. The van der Waals surface area contributed by atoms with Crippen molar-refractivity contribution in [2.75, 3.05) is 5.75 Å². The van der Waals surface area contributed by atoms with Crippen molar-refractivity contribution in [3.63, 3.8) is 0 Å². The highest BCUT2D eigenvalue weighted by Gasteiger charge is 2.18. The van der Waals surface area contributed by atoms with Gasteiger partial charge in [0, 0.05) is 11.6 Å². The number of para-hydroxylation sites is 1. The average molecular weight is 470 g/mol. The Balaban J connectivity index is 1.58. The molecule has 4 rings (SSSR count). The lowest BCUT2D eigenvalue weighted by atomic mass is 10.1. The molecule has 0 aliphatic carbocycles. The maximum absolute atomic E-state index is 13.0. The molecule has 0 aliphatic heterocycles. The van der Waals surface area contributed by atoms with Crippen LogP contribution >= 0.6 is 23.4 Å². The van der Waals surface area contributed by atoms with Crippen LogP contribution in [0.5, 0.6) is 0 Å². The summed E-state index contributed by atoms with van der Waals surface area (Å²) in [5.41, 5.74) is 1.65. The lowest BCUT2D eigenvalue weighted by Gasteiger charge is -2.14. The molecule has 0 bridgehead atoms. The van der Waals surface area contributed by atoms with Gasteiger partial charge in [-0.25, -0.2) is 0 Å². The van der Waals surface area contributed by atoms with Crippen molar-refractivity contribution in [3.8, 4) is 0 Å². The highest BCUT2D eigenvalue weighted by atomic mass is 35.5. The van der Waals surface area contributed by atoms with Crippen LogP contribution in [0.3, 0.4) is 0 Å². The summed E-state index contributed by atoms with van der Waals surface area (Å²) >= 11 is 7.24. The number of unbranched alkanes of at least 4 members (excludes halogenated alkanes) is 1. The third kappa shape index (κ3) is 4.52. The summed E-state index contributed by atoms with van der Waals surface area (Å²) in [4.78, 5) is 25.6. The number of benzene rings is 2. The van der Waals surface area contributed by atoms with Gasteiger partial charge in [0.15, 0.2) is 5.16 Å². The summed E-state index contributed by atoms with van der Waals surface area (Å²) in [6, 6.07) is 14.7. The van der Waals surface area contributed by atoms with Crippen LogP contribution in [0.4, 0.5) is 0 Å². The molecule has 1 atom stereocenters. The quantitative estimate of drug-likeness (QED) is 0.385. The molecule has 2 aromatic carbocycles. The van der Waals surface area contributed by atoms with E-state index in [1.54, 1.807) is 16.7 Å². The zero-order valence-electron chi connectivity index (χ0n) is 17.9. The number of amides is 1. The Bertz CT molecular complexity index is 1320. The van der Waals surface area contributed by atoms with Crippen LogP contribution in [0.2, 0.25) is 5.02 Å². The minimum absolute atomic E-state index is 0.0694. The first-order valence-corrected chi connectivity index (χ1v) is 11.9. The molecule has 2 heterocycles. The van der Waals surface area contributed by atoms with Gasteiger partial charge in [0.05, 0.1) is 22.7 Å². The van der Waals surface area contributed by atoms with Gasteiger partial charge < -0.3 is 5.32 Å². The number of nitrogens with zero attached hydrogens (tertiary/aromatic N) is 4. The molecule has 1 amide bonds. The third-order valence-corrected chi connectivity index (χ3v) is 6.47. The van der Waals surface area contributed by atoms with Crippen LogP contribution in [0.15, 0.2) is 58.5 Å². The number of rotatable bonds is 8. The molecule has 0 saturated heterocycles. The zero-order valence-corrected chi connectivity index (χ0v) is 19.5. The number of halogens is 1. The number of aromatic nitrogens is 4. The SMILES string of the molecule is CCCCn1c(=O)c2ccccc2n2c(SCC(=O)NC(C)c3ccc(Cl)cc3)nnc12. The number of aryl methyl sites for hydroxylation is 1. The topological polar surface area (TPSA) is 81.3 Å². The highest BCUT2D eigenvalue weighted by molar-refractivity contribution is 7.99. The maximum Gasteiger partial charge on any atom is 0.262 e. The number of hydrogen-bond acceptors (Lipinski definition) is 5. The van der Waals surface area contributed by atoms with E-state index in [4.69, 9.17) is 11.6 Å². The Morgan fingerprint density at radius 3 is 2.66 bits per heavy atom. The summed E-state index contributed by atoms with van der Waals surface area (Å²) in [5.74, 6) is 0.568. The zero-order chi connectivity index (χ0) is 22.7. The standard InChI is InChI=1S/C23H24ClN5O2S/c1-3-4-13-28-21(31)18-7-5-6-8-19(18)29-22(28)26-27-23(29)32-14-20(30)25-15(2)16-9-11-17(24)12-10-16/h5-12,15H,3-4,13-14H2,1-2H3,(H,25,30). The molecular formula is C23H24ClN5O2S. The summed E-state index contributed by atoms with van der Waals surface area (Å²) in [5, 5.41) is 13.4. The monoisotopic (exact) mass is 469 g/mol. The van der Waals surface area contributed by atoms with Crippen LogP contribution in [-0.2, 0) is 11.3 Å². The Hall–Kier alpha value is -2.84. The van der Waals surface area contributed by atoms with Gasteiger partial charge in [0.1, 0.15) is 0 Å². The van der Waals surface area contributed by atoms with Gasteiger partial charge in [-0.1, -0.05) is 61.0 Å². The summed E-state index contributed by atoms with van der Waals surface area (Å²) in [7, 11) is 0. The van der Waals surface area contributed by atoms with Crippen molar-refractivity contribution in [2.45, 2.75) is 44.4 Å². The molecule has 1 N–H and O–H groups in total. The second-order valence-electron chi connectivity index (χ2n) is 7.57. The molecule has 0 fully saturated rings. The predicted molar refractivity (Wildman–Crippen MR) is 128 cm³/mol. The minimum Gasteiger partial charge on any atom is -0.349 e. The molecule has 0 spiro atoms. The van der Waals surface area contributed by atoms with Crippen molar-refractivity contribution < 1.29 is 4.79 Å². The van der Waals surface area contributed by atoms with Gasteiger partial charge in [-0.3, -0.25) is 18.6 Å². The first kappa shape index (κ1) is 22.4. The summed E-state index contributed by atoms with van der Waals surface area (Å²) in [6.07, 6.45) is 1.83. The smallest absolute Gasteiger partial charge is 0.262 e. The van der Waals surface area contributed by atoms with Crippen molar-refractivity contribution in [2.24, 2.45) is 0 Å². The Morgan fingerprint density at radius 2 is 1.91 bits per heavy atom. The van der Waals surface area contributed by atoms with E-state index in [1.807, 2.05) is 47.7 Å². The molecule has 0 aliphatic rings. The van der Waals surface area contributed by atoms with Gasteiger partial charge in [0.2, 0.25) is 11.7 Å². The van der Waals surface area contributed by atoms with E-state index in [1.165, 1.54) is 11.8 Å². The van der Waals surface area contributed by atoms with E-state index in [0.29, 0.717) is 27.9 Å². The number of carbonyl (C=O) groups is 1. The molecule has 1 unspecified atom stereocenters. The Labute approximate surface area is 194 Å². The van der Waals surface area contributed by atoms with Gasteiger partial charge in [-0.05, 0) is 43.2 Å². The van der Waals surface area contributed by atoms with E-state index in [9.17, 15) is 9.59 Å². The van der Waals surface area contributed by atoms with E-state index in [-0.39, 0.29) is 23.3 Å². The number of carbonyl (C=O) groups excluding carboxylic acids is 1. The lowest BCUT2D eigenvalue weighted by molar-refractivity contribution is -0.119. The second kappa shape index (κ2) is 9.75. The molecule has 32 heavy (non-hydrogen) atoms. The predicted octanol–water partition coefficient (Wildman–Crippen LogP) is 4.47. The molecule has 4 aromatic rings. The van der Waals surface area contributed by atoms with Crippen LogP contribution in [-0.4, -0.2) is 30.8 Å². The Kier molecular flexibility index (Phi) is 6.81. The van der Waals surface area contributed by atoms with Gasteiger partial charge in [-0.15, -0.1) is 10.2 Å². The molecule has 166 valence electrons. The van der Waals surface area contributed by atoms with E-state index in [0.717, 1.165) is 23.9 Å². The van der Waals surface area contributed by atoms with Crippen molar-refractivity contribution >= 4 is 46.0 Å². The second-order valence-corrected chi connectivity index (χ2v) is 8.95. The largest absolute Gasteiger partial charge is 0.349 e. The molecule has 9 heteroatoms. The fraction of sp³-hybridized carbons (Fsp3) is 0.304. The Morgan fingerprint density at radius 1 is 1.16 bits per heavy atom. The first-order chi connectivity index (χ1) is 15.5. The summed E-state index contributed by atoms with van der Waals surface area (Å²) < 4.78 is 3.54. The molecular weight excluding hydrogens is 446 g/mol. The van der Waals surface area contributed by atoms with Crippen LogP contribution in [0.1, 0.15) is 38.3 Å².